The Morgan fingerprint density at radius 2 is 2.25 bits per heavy atom. The SMILES string of the molecule is Cn1nnnc1Cc1ccc2[nH]cc(C3CNC3)c2c1. The first kappa shape index (κ1) is 11.6. The second-order valence-electron chi connectivity index (χ2n) is 5.37. The van der Waals surface area contributed by atoms with Crippen LogP contribution in [0.25, 0.3) is 10.9 Å². The first-order chi connectivity index (χ1) is 9.81. The summed E-state index contributed by atoms with van der Waals surface area (Å²) in [5.41, 5.74) is 3.85. The molecule has 0 amide bonds. The van der Waals surface area contributed by atoms with Crippen molar-refractivity contribution < 1.29 is 0 Å². The number of H-pyrrole nitrogens is 1. The number of nitrogens with zero attached hydrogens (tertiary/aromatic N) is 4. The number of aromatic amines is 1. The minimum atomic E-state index is 0.635. The van der Waals surface area contributed by atoms with Crippen molar-refractivity contribution in [1.82, 2.24) is 30.5 Å². The summed E-state index contributed by atoms with van der Waals surface area (Å²) in [6.07, 6.45) is 2.90. The number of benzene rings is 1. The zero-order valence-corrected chi connectivity index (χ0v) is 11.3. The molecule has 3 aromatic rings. The average molecular weight is 268 g/mol. The van der Waals surface area contributed by atoms with E-state index in [0.29, 0.717) is 5.92 Å². The Balaban J connectivity index is 1.72. The largest absolute Gasteiger partial charge is 0.361 e. The first-order valence-corrected chi connectivity index (χ1v) is 6.83. The zero-order valence-electron chi connectivity index (χ0n) is 11.3. The van der Waals surface area contributed by atoms with Crippen LogP contribution in [0.3, 0.4) is 0 Å². The van der Waals surface area contributed by atoms with Crippen LogP contribution in [-0.4, -0.2) is 38.3 Å². The summed E-state index contributed by atoms with van der Waals surface area (Å²) < 4.78 is 1.72. The van der Waals surface area contributed by atoms with Gasteiger partial charge in [-0.2, -0.15) is 0 Å². The molecule has 102 valence electrons. The maximum Gasteiger partial charge on any atom is 0.155 e. The molecule has 4 rings (SSSR count). The molecule has 0 unspecified atom stereocenters. The van der Waals surface area contributed by atoms with Gasteiger partial charge in [-0.15, -0.1) is 5.10 Å². The van der Waals surface area contributed by atoms with E-state index in [4.69, 9.17) is 0 Å². The molecule has 3 heterocycles. The van der Waals surface area contributed by atoms with Gasteiger partial charge in [-0.05, 0) is 33.7 Å². The Labute approximate surface area is 116 Å². The van der Waals surface area contributed by atoms with Crippen LogP contribution >= 0.6 is 0 Å². The molecule has 0 bridgehead atoms. The number of nitrogens with one attached hydrogen (secondary N) is 2. The van der Waals surface area contributed by atoms with Gasteiger partial charge in [0.05, 0.1) is 0 Å². The normalized spacial score (nSPS) is 15.7. The number of rotatable bonds is 3. The number of fused-ring (bicyclic) bond motifs is 1. The van der Waals surface area contributed by atoms with Crippen LogP contribution in [-0.2, 0) is 13.5 Å². The molecule has 0 atom stereocenters. The van der Waals surface area contributed by atoms with E-state index in [9.17, 15) is 0 Å². The highest BCUT2D eigenvalue weighted by atomic mass is 15.5. The van der Waals surface area contributed by atoms with Crippen LogP contribution in [0.5, 0.6) is 0 Å². The Bertz CT molecular complexity index is 752. The highest BCUT2D eigenvalue weighted by Crippen LogP contribution is 2.29. The lowest BCUT2D eigenvalue weighted by Gasteiger charge is -2.26. The Morgan fingerprint density at radius 1 is 1.35 bits per heavy atom. The molecule has 6 heteroatoms. The van der Waals surface area contributed by atoms with Crippen molar-refractivity contribution in [2.24, 2.45) is 7.05 Å². The van der Waals surface area contributed by atoms with Crippen LogP contribution in [0.4, 0.5) is 0 Å². The quantitative estimate of drug-likeness (QED) is 0.742. The lowest BCUT2D eigenvalue weighted by molar-refractivity contribution is 0.451. The van der Waals surface area contributed by atoms with Gasteiger partial charge in [0.25, 0.3) is 0 Å². The van der Waals surface area contributed by atoms with E-state index >= 15 is 0 Å². The summed E-state index contributed by atoms with van der Waals surface area (Å²) in [6, 6.07) is 6.54. The second kappa shape index (κ2) is 4.42. The molecule has 0 radical (unpaired) electrons. The third-order valence-corrected chi connectivity index (χ3v) is 4.07. The Morgan fingerprint density at radius 3 is 2.95 bits per heavy atom. The number of hydrogen-bond donors (Lipinski definition) is 2. The monoisotopic (exact) mass is 268 g/mol. The van der Waals surface area contributed by atoms with E-state index in [0.717, 1.165) is 25.3 Å². The molecular formula is C14H16N6. The fraction of sp³-hybridized carbons (Fsp3) is 0.357. The molecule has 0 saturated carbocycles. The molecule has 2 aromatic heterocycles. The van der Waals surface area contributed by atoms with Crippen LogP contribution in [0.15, 0.2) is 24.4 Å². The van der Waals surface area contributed by atoms with E-state index in [1.54, 1.807) is 4.68 Å². The average Bonchev–Trinajstić information content (AvgIpc) is 2.96. The van der Waals surface area contributed by atoms with Crippen molar-refractivity contribution in [1.29, 1.82) is 0 Å². The van der Waals surface area contributed by atoms with Crippen molar-refractivity contribution in [3.05, 3.63) is 41.3 Å². The van der Waals surface area contributed by atoms with Crippen LogP contribution in [0, 0.1) is 0 Å². The van der Waals surface area contributed by atoms with Crippen molar-refractivity contribution >= 4 is 10.9 Å². The standard InChI is InChI=1S/C14H16N6/c1-20-14(17-18-19-20)5-9-2-3-13-11(4-9)12(8-16-13)10-6-15-7-10/h2-4,8,10,15-16H,5-7H2,1H3. The maximum atomic E-state index is 4.05. The fourth-order valence-electron chi connectivity index (χ4n) is 2.73. The molecule has 1 aliphatic rings. The van der Waals surface area contributed by atoms with Crippen molar-refractivity contribution in [3.63, 3.8) is 0 Å². The van der Waals surface area contributed by atoms with Gasteiger partial charge in [0.15, 0.2) is 5.82 Å². The lowest BCUT2D eigenvalue weighted by atomic mass is 9.92. The molecule has 6 nitrogen and oxygen atoms in total. The highest BCUT2D eigenvalue weighted by Gasteiger charge is 2.21. The smallest absolute Gasteiger partial charge is 0.155 e. The Hall–Kier alpha value is -2.21. The van der Waals surface area contributed by atoms with Gasteiger partial charge in [0.2, 0.25) is 0 Å². The molecule has 0 aliphatic carbocycles. The second-order valence-corrected chi connectivity index (χ2v) is 5.37. The van der Waals surface area contributed by atoms with E-state index in [1.165, 1.54) is 22.0 Å². The first-order valence-electron chi connectivity index (χ1n) is 6.83. The molecule has 20 heavy (non-hydrogen) atoms. The van der Waals surface area contributed by atoms with Gasteiger partial charge in [0.1, 0.15) is 0 Å². The Kier molecular flexibility index (Phi) is 2.56. The van der Waals surface area contributed by atoms with E-state index in [2.05, 4.69) is 50.2 Å². The minimum Gasteiger partial charge on any atom is -0.361 e. The van der Waals surface area contributed by atoms with Crippen molar-refractivity contribution in [3.8, 4) is 0 Å². The molecular weight excluding hydrogens is 252 g/mol. The number of aromatic nitrogens is 5. The highest BCUT2D eigenvalue weighted by molar-refractivity contribution is 5.84. The summed E-state index contributed by atoms with van der Waals surface area (Å²) in [5.74, 6) is 1.52. The van der Waals surface area contributed by atoms with Gasteiger partial charge in [-0.3, -0.25) is 0 Å². The molecule has 2 N–H and O–H groups in total. The van der Waals surface area contributed by atoms with Crippen molar-refractivity contribution in [2.45, 2.75) is 12.3 Å². The van der Waals surface area contributed by atoms with Crippen molar-refractivity contribution in [2.75, 3.05) is 13.1 Å². The fourth-order valence-corrected chi connectivity index (χ4v) is 2.73. The number of aryl methyl sites for hydroxylation is 1. The third-order valence-electron chi connectivity index (χ3n) is 4.07. The zero-order chi connectivity index (χ0) is 13.5. The lowest BCUT2D eigenvalue weighted by Crippen LogP contribution is -2.39. The van der Waals surface area contributed by atoms with E-state index in [-0.39, 0.29) is 0 Å². The predicted molar refractivity (Wildman–Crippen MR) is 75.5 cm³/mol. The van der Waals surface area contributed by atoms with E-state index in [1.807, 2.05) is 7.05 Å². The molecule has 1 saturated heterocycles. The summed E-state index contributed by atoms with van der Waals surface area (Å²) in [7, 11) is 1.87. The summed E-state index contributed by atoms with van der Waals surface area (Å²) in [5, 5.41) is 16.3. The number of tetrazole rings is 1. The minimum absolute atomic E-state index is 0.635. The molecule has 0 spiro atoms. The molecule has 1 aromatic carbocycles. The third kappa shape index (κ3) is 1.80. The number of hydrogen-bond acceptors (Lipinski definition) is 4. The summed E-state index contributed by atoms with van der Waals surface area (Å²) in [6.45, 7) is 2.15. The molecule has 1 aliphatic heterocycles. The van der Waals surface area contributed by atoms with Gasteiger partial charge in [0, 0.05) is 49.6 Å². The van der Waals surface area contributed by atoms with Crippen LogP contribution in [0.2, 0.25) is 0 Å². The summed E-state index contributed by atoms with van der Waals surface area (Å²) in [4.78, 5) is 3.36. The predicted octanol–water partition coefficient (Wildman–Crippen LogP) is 0.969. The maximum absolute atomic E-state index is 4.05. The van der Waals surface area contributed by atoms with Gasteiger partial charge >= 0.3 is 0 Å². The topological polar surface area (TPSA) is 71.4 Å². The van der Waals surface area contributed by atoms with E-state index < -0.39 is 0 Å². The molecule has 1 fully saturated rings. The van der Waals surface area contributed by atoms with Crippen LogP contribution in [0.1, 0.15) is 22.9 Å². The van der Waals surface area contributed by atoms with Gasteiger partial charge in [-0.25, -0.2) is 4.68 Å². The van der Waals surface area contributed by atoms with Gasteiger partial charge in [-0.1, -0.05) is 6.07 Å². The van der Waals surface area contributed by atoms with Crippen LogP contribution < -0.4 is 5.32 Å². The summed E-state index contributed by atoms with van der Waals surface area (Å²) >= 11 is 0. The van der Waals surface area contributed by atoms with Gasteiger partial charge < -0.3 is 10.3 Å².